The molecular formula is C23H17NO3S. The summed E-state index contributed by atoms with van der Waals surface area (Å²) >= 11 is 1.54. The Bertz CT molecular complexity index is 1290. The van der Waals surface area contributed by atoms with Crippen molar-refractivity contribution in [1.82, 2.24) is 4.57 Å². The van der Waals surface area contributed by atoms with Crippen molar-refractivity contribution >= 4 is 39.3 Å². The number of carbonyl (C=O) groups excluding carboxylic acids is 1. The fourth-order valence-electron chi connectivity index (χ4n) is 3.93. The number of fused-ring (bicyclic) bond motifs is 3. The topological polar surface area (TPSA) is 48.3 Å². The van der Waals surface area contributed by atoms with Crippen molar-refractivity contribution < 1.29 is 9.53 Å². The number of benzene rings is 3. The molecule has 5 heteroatoms. The van der Waals surface area contributed by atoms with E-state index in [4.69, 9.17) is 4.74 Å². The maximum Gasteiger partial charge on any atom is 0.329 e. The summed E-state index contributed by atoms with van der Waals surface area (Å²) in [6, 6.07) is 21.5. The van der Waals surface area contributed by atoms with Crippen LogP contribution in [-0.2, 0) is 9.53 Å². The predicted octanol–water partition coefficient (Wildman–Crippen LogP) is 4.64. The quantitative estimate of drug-likeness (QED) is 0.371. The van der Waals surface area contributed by atoms with Crippen LogP contribution in [-0.4, -0.2) is 23.4 Å². The highest BCUT2D eigenvalue weighted by Crippen LogP contribution is 2.43. The second-order valence-corrected chi connectivity index (χ2v) is 7.82. The van der Waals surface area contributed by atoms with Gasteiger partial charge in [-0.05, 0) is 33.9 Å². The molecule has 0 spiro atoms. The first-order valence-corrected chi connectivity index (χ1v) is 10.0. The molecule has 1 atom stereocenters. The highest BCUT2D eigenvalue weighted by molar-refractivity contribution is 7.99. The Morgan fingerprint density at radius 1 is 1.00 bits per heavy atom. The fraction of sp³-hybridized carbons (Fsp3) is 0.130. The van der Waals surface area contributed by atoms with Crippen LogP contribution in [0.4, 0.5) is 0 Å². The zero-order chi connectivity index (χ0) is 19.3. The van der Waals surface area contributed by atoms with E-state index in [0.29, 0.717) is 11.1 Å². The average Bonchev–Trinajstić information content (AvgIpc) is 3.18. The average molecular weight is 387 g/mol. The zero-order valence-corrected chi connectivity index (χ0v) is 16.0. The van der Waals surface area contributed by atoms with Gasteiger partial charge in [-0.15, -0.1) is 11.8 Å². The first-order valence-electron chi connectivity index (χ1n) is 9.06. The number of pyridine rings is 1. The van der Waals surface area contributed by atoms with Crippen LogP contribution in [0, 0.1) is 0 Å². The molecule has 5 rings (SSSR count). The molecule has 0 saturated heterocycles. The maximum absolute atomic E-state index is 13.4. The van der Waals surface area contributed by atoms with E-state index in [0.717, 1.165) is 32.3 Å². The number of hydrogen-bond acceptors (Lipinski definition) is 4. The molecule has 0 N–H and O–H groups in total. The van der Waals surface area contributed by atoms with Crippen molar-refractivity contribution in [3.8, 4) is 11.1 Å². The van der Waals surface area contributed by atoms with Crippen LogP contribution >= 0.6 is 11.8 Å². The van der Waals surface area contributed by atoms with Gasteiger partial charge in [0.25, 0.3) is 5.56 Å². The summed E-state index contributed by atoms with van der Waals surface area (Å²) in [6.07, 6.45) is 0. The lowest BCUT2D eigenvalue weighted by Crippen LogP contribution is -2.30. The first-order chi connectivity index (χ1) is 13.7. The Kier molecular flexibility index (Phi) is 3.98. The van der Waals surface area contributed by atoms with Gasteiger partial charge in [-0.25, -0.2) is 4.79 Å². The number of esters is 1. The molecule has 0 unspecified atom stereocenters. The third-order valence-corrected chi connectivity index (χ3v) is 6.42. The molecule has 1 aromatic heterocycles. The number of thioether (sulfide) groups is 1. The molecule has 4 nitrogen and oxygen atoms in total. The van der Waals surface area contributed by atoms with Crippen molar-refractivity contribution in [3.05, 3.63) is 77.1 Å². The summed E-state index contributed by atoms with van der Waals surface area (Å²) in [5.74, 6) is 0.116. The summed E-state index contributed by atoms with van der Waals surface area (Å²) < 4.78 is 6.58. The van der Waals surface area contributed by atoms with Gasteiger partial charge in [0.05, 0.1) is 12.1 Å². The number of nitrogens with zero attached hydrogens (tertiary/aromatic N) is 1. The monoisotopic (exact) mass is 387 g/mol. The number of carbonyl (C=O) groups is 1. The SMILES string of the molecule is COC(=O)[C@@H]1CSc2c(-c3ccccc3)c3cc4ccccc4cc3c(=O)n21. The molecule has 0 aliphatic carbocycles. The molecule has 1 aliphatic rings. The Labute approximate surface area is 165 Å². The van der Waals surface area contributed by atoms with Crippen LogP contribution < -0.4 is 5.56 Å². The van der Waals surface area contributed by atoms with E-state index < -0.39 is 6.04 Å². The summed E-state index contributed by atoms with van der Waals surface area (Å²) in [6.45, 7) is 0. The van der Waals surface area contributed by atoms with Crippen molar-refractivity contribution in [1.29, 1.82) is 0 Å². The van der Waals surface area contributed by atoms with E-state index in [9.17, 15) is 9.59 Å². The van der Waals surface area contributed by atoms with Gasteiger partial charge in [0.1, 0.15) is 6.04 Å². The van der Waals surface area contributed by atoms with Gasteiger partial charge < -0.3 is 4.74 Å². The van der Waals surface area contributed by atoms with Crippen molar-refractivity contribution in [2.75, 3.05) is 12.9 Å². The Morgan fingerprint density at radius 3 is 2.32 bits per heavy atom. The highest BCUT2D eigenvalue weighted by atomic mass is 32.2. The van der Waals surface area contributed by atoms with E-state index in [1.54, 1.807) is 4.57 Å². The third kappa shape index (κ3) is 2.47. The van der Waals surface area contributed by atoms with Crippen LogP contribution in [0.3, 0.4) is 0 Å². The van der Waals surface area contributed by atoms with E-state index in [1.165, 1.54) is 18.9 Å². The minimum atomic E-state index is -0.601. The highest BCUT2D eigenvalue weighted by Gasteiger charge is 2.34. The summed E-state index contributed by atoms with van der Waals surface area (Å²) in [5, 5.41) is 4.46. The van der Waals surface area contributed by atoms with Gasteiger partial charge in [0, 0.05) is 16.7 Å². The smallest absolute Gasteiger partial charge is 0.329 e. The third-order valence-electron chi connectivity index (χ3n) is 5.26. The van der Waals surface area contributed by atoms with Gasteiger partial charge in [0.15, 0.2) is 0 Å². The number of aromatic nitrogens is 1. The van der Waals surface area contributed by atoms with Gasteiger partial charge in [0.2, 0.25) is 0 Å². The maximum atomic E-state index is 13.4. The molecule has 4 aromatic rings. The normalized spacial score (nSPS) is 15.7. The van der Waals surface area contributed by atoms with E-state index in [-0.39, 0.29) is 11.5 Å². The summed E-state index contributed by atoms with van der Waals surface area (Å²) in [5.41, 5.74) is 1.89. The van der Waals surface area contributed by atoms with Crippen LogP contribution in [0.25, 0.3) is 32.7 Å². The van der Waals surface area contributed by atoms with Gasteiger partial charge in [-0.3, -0.25) is 9.36 Å². The second kappa shape index (κ2) is 6.53. The number of ether oxygens (including phenoxy) is 1. The molecule has 28 heavy (non-hydrogen) atoms. The summed E-state index contributed by atoms with van der Waals surface area (Å²) in [4.78, 5) is 25.8. The summed E-state index contributed by atoms with van der Waals surface area (Å²) in [7, 11) is 1.36. The number of rotatable bonds is 2. The molecule has 2 heterocycles. The molecule has 0 bridgehead atoms. The van der Waals surface area contributed by atoms with E-state index in [1.807, 2.05) is 54.6 Å². The van der Waals surface area contributed by atoms with Gasteiger partial charge in [-0.1, -0.05) is 54.6 Å². The van der Waals surface area contributed by atoms with Crippen molar-refractivity contribution in [2.24, 2.45) is 0 Å². The minimum absolute atomic E-state index is 0.143. The molecule has 3 aromatic carbocycles. The van der Waals surface area contributed by atoms with Crippen LogP contribution in [0.2, 0.25) is 0 Å². The largest absolute Gasteiger partial charge is 0.467 e. The van der Waals surface area contributed by atoms with Crippen LogP contribution in [0.15, 0.2) is 76.6 Å². The Hall–Kier alpha value is -3.05. The molecule has 1 aliphatic heterocycles. The lowest BCUT2D eigenvalue weighted by Gasteiger charge is -2.17. The number of methoxy groups -OCH3 is 1. The fourth-order valence-corrected chi connectivity index (χ4v) is 5.25. The predicted molar refractivity (Wildman–Crippen MR) is 113 cm³/mol. The molecule has 0 saturated carbocycles. The zero-order valence-electron chi connectivity index (χ0n) is 15.2. The second-order valence-electron chi connectivity index (χ2n) is 6.82. The Balaban J connectivity index is 1.95. The van der Waals surface area contributed by atoms with E-state index >= 15 is 0 Å². The van der Waals surface area contributed by atoms with Gasteiger partial charge in [-0.2, -0.15) is 0 Å². The standard InChI is InChI=1S/C23H17NO3S/c1-27-23(26)19-13-28-22-20(14-7-3-2-4-8-14)17-11-15-9-5-6-10-16(15)12-18(17)21(25)24(19)22/h2-12,19H,13H2,1H3/t19-/m0/s1. The Morgan fingerprint density at radius 2 is 1.64 bits per heavy atom. The number of hydrogen-bond donors (Lipinski definition) is 0. The molecule has 0 fully saturated rings. The van der Waals surface area contributed by atoms with Crippen molar-refractivity contribution in [3.63, 3.8) is 0 Å². The molecule has 138 valence electrons. The van der Waals surface area contributed by atoms with Crippen LogP contribution in [0.5, 0.6) is 0 Å². The minimum Gasteiger partial charge on any atom is -0.467 e. The lowest BCUT2D eigenvalue weighted by atomic mass is 9.97. The van der Waals surface area contributed by atoms with Gasteiger partial charge >= 0.3 is 5.97 Å². The first kappa shape index (κ1) is 17.1. The molecule has 0 amide bonds. The van der Waals surface area contributed by atoms with E-state index in [2.05, 4.69) is 12.1 Å². The lowest BCUT2D eigenvalue weighted by molar-refractivity contribution is -0.143. The van der Waals surface area contributed by atoms with Crippen LogP contribution in [0.1, 0.15) is 6.04 Å². The molecular weight excluding hydrogens is 370 g/mol. The molecule has 0 radical (unpaired) electrons. The van der Waals surface area contributed by atoms with Crippen molar-refractivity contribution in [2.45, 2.75) is 11.1 Å².